The predicted molar refractivity (Wildman–Crippen MR) is 238 cm³/mol. The summed E-state index contributed by atoms with van der Waals surface area (Å²) in [5, 5.41) is 44.6. The third kappa shape index (κ3) is 9.43. The first kappa shape index (κ1) is 49.1. The number of carboxylic acid groups (broad SMARTS) is 1. The molecule has 4 N–H and O–H groups in total. The number of aliphatic hydroxyl groups excluding tert-OH is 3. The van der Waals surface area contributed by atoms with Crippen LogP contribution in [0.15, 0.2) is 59.6 Å². The Labute approximate surface area is 395 Å². The van der Waals surface area contributed by atoms with Gasteiger partial charge in [0, 0.05) is 41.2 Å². The standard InChI is InChI=1S/C50H63ClO16/c1-23-30(46(55)56)20-27-12-9-7-8-10-13-28-16-17-29-31(50(28,5)49(59)67-45-42(54)40(27)43(23)66-48(45)58)14-11-15-34(29)63-37-21-33(52)44(26(4)62-37)65-38-22-36(41(53)25(3)61-38)64-47(57)39-24(2)32(51)18-19-35(39)60-6/h9,12,16-20,23,25-29,31,33-34,36-38,40-41,43-44,52-54H,7-8,10-11,13-15,21-22H2,1-6H3,(H,55,56)/b12-9+/t23?,25-,26-,27?,28?,29?,31?,33-,34?,36-,37+,38-,40?,41-,43?,44-,50?/m1/s1. The summed E-state index contributed by atoms with van der Waals surface area (Å²) in [7, 11) is 1.43. The number of aliphatic carboxylic acids is 1. The molecular formula is C50H63ClO16. The van der Waals surface area contributed by atoms with E-state index in [1.54, 1.807) is 45.9 Å². The van der Waals surface area contributed by atoms with Crippen LogP contribution in [0.5, 0.6) is 5.75 Å². The highest BCUT2D eigenvalue weighted by molar-refractivity contribution is 6.32. The minimum Gasteiger partial charge on any atom is -0.508 e. The van der Waals surface area contributed by atoms with Crippen molar-refractivity contribution < 1.29 is 77.5 Å². The number of rotatable bonds is 8. The van der Waals surface area contributed by atoms with Gasteiger partial charge in [0.15, 0.2) is 18.3 Å². The number of carbonyl (C=O) groups is 4. The zero-order valence-electron chi connectivity index (χ0n) is 38.7. The molecule has 0 aromatic heterocycles. The van der Waals surface area contributed by atoms with Gasteiger partial charge in [-0.1, -0.05) is 61.7 Å². The second-order valence-electron chi connectivity index (χ2n) is 19.4. The van der Waals surface area contributed by atoms with Gasteiger partial charge in [-0.2, -0.15) is 0 Å². The molecule has 4 aliphatic heterocycles. The number of aliphatic hydroxyl groups is 3. The van der Waals surface area contributed by atoms with Gasteiger partial charge in [0.2, 0.25) is 0 Å². The third-order valence-corrected chi connectivity index (χ3v) is 15.9. The van der Waals surface area contributed by atoms with Gasteiger partial charge in [-0.05, 0) is 89.3 Å². The van der Waals surface area contributed by atoms with Crippen LogP contribution in [0.2, 0.25) is 5.02 Å². The monoisotopic (exact) mass is 954 g/mol. The predicted octanol–water partition coefficient (Wildman–Crippen LogP) is 6.81. The number of methoxy groups -OCH3 is 1. The van der Waals surface area contributed by atoms with Crippen LogP contribution in [0.1, 0.15) is 101 Å². The van der Waals surface area contributed by atoms with E-state index in [0.717, 1.165) is 12.8 Å². The lowest BCUT2D eigenvalue weighted by Crippen LogP contribution is -2.56. The Bertz CT molecular complexity index is 2190. The van der Waals surface area contributed by atoms with Crippen molar-refractivity contribution in [3.63, 3.8) is 0 Å². The summed E-state index contributed by atoms with van der Waals surface area (Å²) < 4.78 is 48.3. The number of esters is 3. The molecule has 2 bridgehead atoms. The Kier molecular flexibility index (Phi) is 14.7. The van der Waals surface area contributed by atoms with Gasteiger partial charge in [-0.25, -0.2) is 14.4 Å². The van der Waals surface area contributed by atoms with Crippen LogP contribution in [0.25, 0.3) is 0 Å². The van der Waals surface area contributed by atoms with E-state index < -0.39 is 120 Å². The number of benzene rings is 1. The molecule has 17 heteroatoms. The zero-order valence-corrected chi connectivity index (χ0v) is 39.5. The summed E-state index contributed by atoms with van der Waals surface area (Å²) in [4.78, 5) is 54.0. The minimum absolute atomic E-state index is 0.0321. The molecule has 7 aliphatic rings. The Balaban J connectivity index is 0.952. The summed E-state index contributed by atoms with van der Waals surface area (Å²) in [6.07, 6.45) is 5.83. The van der Waals surface area contributed by atoms with E-state index in [-0.39, 0.29) is 47.5 Å². The van der Waals surface area contributed by atoms with Crippen LogP contribution in [0.4, 0.5) is 0 Å². The molecular weight excluding hydrogens is 892 g/mol. The number of carboxylic acids is 1. The molecule has 9 unspecified atom stereocenters. The lowest BCUT2D eigenvalue weighted by atomic mass is 9.55. The van der Waals surface area contributed by atoms with Crippen molar-refractivity contribution in [1.29, 1.82) is 0 Å². The third-order valence-electron chi connectivity index (χ3n) is 15.5. The van der Waals surface area contributed by atoms with Crippen molar-refractivity contribution in [1.82, 2.24) is 0 Å². The number of allylic oxidation sites excluding steroid dienone is 4. The van der Waals surface area contributed by atoms with Crippen molar-refractivity contribution in [3.05, 3.63) is 75.8 Å². The highest BCUT2D eigenvalue weighted by Crippen LogP contribution is 2.55. The first-order valence-electron chi connectivity index (χ1n) is 23.6. The molecule has 3 fully saturated rings. The summed E-state index contributed by atoms with van der Waals surface area (Å²) >= 11 is 6.30. The highest BCUT2D eigenvalue weighted by atomic mass is 35.5. The quantitative estimate of drug-likeness (QED) is 0.119. The van der Waals surface area contributed by atoms with Crippen molar-refractivity contribution in [2.75, 3.05) is 7.11 Å². The molecule has 0 spiro atoms. The summed E-state index contributed by atoms with van der Waals surface area (Å²) in [6, 6.07) is 3.18. The first-order chi connectivity index (χ1) is 31.9. The maximum absolute atomic E-state index is 14.8. The van der Waals surface area contributed by atoms with Gasteiger partial charge < -0.3 is 58.3 Å². The van der Waals surface area contributed by atoms with Gasteiger partial charge in [0.1, 0.15) is 35.7 Å². The van der Waals surface area contributed by atoms with Gasteiger partial charge in [-0.15, -0.1) is 0 Å². The van der Waals surface area contributed by atoms with Crippen LogP contribution in [-0.4, -0.2) is 113 Å². The molecule has 1 aromatic carbocycles. The number of fused-ring (bicyclic) bond motifs is 3. The molecule has 8 rings (SSSR count). The summed E-state index contributed by atoms with van der Waals surface area (Å²) in [6.45, 7) is 8.58. The van der Waals surface area contributed by atoms with E-state index in [1.165, 1.54) is 7.11 Å². The average molecular weight is 955 g/mol. The van der Waals surface area contributed by atoms with Crippen LogP contribution in [-0.2, 0) is 47.5 Å². The molecule has 17 atom stereocenters. The van der Waals surface area contributed by atoms with E-state index in [1.807, 2.05) is 19.1 Å². The molecule has 16 nitrogen and oxygen atoms in total. The smallest absolute Gasteiger partial charge is 0.378 e. The van der Waals surface area contributed by atoms with E-state index in [4.69, 9.17) is 49.5 Å². The van der Waals surface area contributed by atoms with Gasteiger partial charge >= 0.3 is 23.9 Å². The van der Waals surface area contributed by atoms with E-state index in [9.17, 15) is 39.6 Å². The molecule has 3 aliphatic carbocycles. The lowest BCUT2D eigenvalue weighted by Gasteiger charge is -2.51. The maximum atomic E-state index is 14.8. The molecule has 366 valence electrons. The molecule has 2 saturated heterocycles. The minimum atomic E-state index is -1.17. The highest BCUT2D eigenvalue weighted by Gasteiger charge is 2.57. The fraction of sp³-hybridized carbons (Fsp3) is 0.640. The Hall–Kier alpha value is -4.29. The Morgan fingerprint density at radius 1 is 0.910 bits per heavy atom. The average Bonchev–Trinajstić information content (AvgIpc) is 3.28. The molecule has 1 saturated carbocycles. The number of hydrogen-bond donors (Lipinski definition) is 4. The number of carbonyl (C=O) groups excluding carboxylic acids is 3. The van der Waals surface area contributed by atoms with Gasteiger partial charge in [0.25, 0.3) is 5.76 Å². The van der Waals surface area contributed by atoms with E-state index in [2.05, 4.69) is 12.2 Å². The summed E-state index contributed by atoms with van der Waals surface area (Å²) in [5.74, 6) is -7.23. The largest absolute Gasteiger partial charge is 0.508 e. The van der Waals surface area contributed by atoms with Crippen LogP contribution in [0.3, 0.4) is 0 Å². The lowest BCUT2D eigenvalue weighted by molar-refractivity contribution is -0.318. The molecule has 1 aromatic rings. The fourth-order valence-corrected chi connectivity index (χ4v) is 11.8. The van der Waals surface area contributed by atoms with Crippen LogP contribution >= 0.6 is 11.6 Å². The van der Waals surface area contributed by atoms with Crippen molar-refractivity contribution in [2.24, 2.45) is 40.9 Å². The number of ether oxygens (including phenoxy) is 8. The molecule has 67 heavy (non-hydrogen) atoms. The van der Waals surface area contributed by atoms with Crippen molar-refractivity contribution in [3.8, 4) is 5.75 Å². The van der Waals surface area contributed by atoms with Gasteiger partial charge in [0.05, 0.1) is 42.9 Å². The molecule has 4 heterocycles. The van der Waals surface area contributed by atoms with Crippen molar-refractivity contribution >= 4 is 35.5 Å². The number of hydrogen-bond acceptors (Lipinski definition) is 15. The molecule has 0 amide bonds. The summed E-state index contributed by atoms with van der Waals surface area (Å²) in [5.41, 5.74) is -0.444. The second kappa shape index (κ2) is 20.0. The molecule has 0 radical (unpaired) electrons. The van der Waals surface area contributed by atoms with Crippen LogP contribution in [0, 0.1) is 47.8 Å². The Morgan fingerprint density at radius 3 is 2.39 bits per heavy atom. The topological polar surface area (TPSA) is 223 Å². The fourth-order valence-electron chi connectivity index (χ4n) is 11.6. The maximum Gasteiger partial charge on any atom is 0.378 e. The zero-order chi connectivity index (χ0) is 48.1. The van der Waals surface area contributed by atoms with E-state index in [0.29, 0.717) is 42.7 Å². The van der Waals surface area contributed by atoms with E-state index >= 15 is 0 Å². The van der Waals surface area contributed by atoms with Crippen LogP contribution < -0.4 is 4.74 Å². The normalized spacial score (nSPS) is 40.5. The van der Waals surface area contributed by atoms with Gasteiger partial charge in [-0.3, -0.25) is 4.79 Å². The second-order valence-corrected chi connectivity index (χ2v) is 19.8. The number of halogens is 1. The van der Waals surface area contributed by atoms with Crippen molar-refractivity contribution in [2.45, 2.75) is 154 Å². The SMILES string of the molecule is COc1ccc(Cl)c(C)c1C(=O)O[C@@H]1C[C@@H](O[C@H]2[C@H](O)C[C@H](OC3CCCC4C3C=CC3CCCC/C=C/C5C=C(C(=O)O)C(C)C6OC(=O)C(=C(O)C56)OC(=O)C34C)O[C@@H]2C)O[C@H](C)[C@H]1O. The Morgan fingerprint density at radius 2 is 1.66 bits per heavy atom. The first-order valence-corrected chi connectivity index (χ1v) is 24.0.